The molecule has 6 rings (SSSR count). The normalized spacial score (nSPS) is 11.3. The molecule has 0 bridgehead atoms. The lowest BCUT2D eigenvalue weighted by Gasteiger charge is -2.01. The van der Waals surface area contributed by atoms with E-state index in [-0.39, 0.29) is 12.2 Å². The van der Waals surface area contributed by atoms with E-state index in [2.05, 4.69) is 40.9 Å². The summed E-state index contributed by atoms with van der Waals surface area (Å²) in [4.78, 5) is 15.9. The van der Waals surface area contributed by atoms with Gasteiger partial charge in [-0.1, -0.05) is 23.5 Å². The SMILES string of the molecule is O=C(Cc1ccnnc1)c1cc2ccc(-c3nnc(Nc4ccc5[nH]ncc5c4)s3)cc2[nH]1. The lowest BCUT2D eigenvalue weighted by atomic mass is 10.1. The van der Waals surface area contributed by atoms with Crippen molar-refractivity contribution in [2.24, 2.45) is 0 Å². The van der Waals surface area contributed by atoms with Crippen LogP contribution in [0.3, 0.4) is 0 Å². The van der Waals surface area contributed by atoms with Crippen LogP contribution in [0.25, 0.3) is 32.4 Å². The monoisotopic (exact) mass is 452 g/mol. The van der Waals surface area contributed by atoms with Crippen LogP contribution >= 0.6 is 11.3 Å². The topological polar surface area (TPSA) is 125 Å². The molecule has 9 nitrogen and oxygen atoms in total. The van der Waals surface area contributed by atoms with E-state index >= 15 is 0 Å². The Hall–Kier alpha value is -4.44. The average Bonchev–Trinajstić information content (AvgIpc) is 3.58. The zero-order valence-electron chi connectivity index (χ0n) is 17.1. The highest BCUT2D eigenvalue weighted by Gasteiger charge is 2.13. The number of H-pyrrole nitrogens is 2. The number of anilines is 2. The van der Waals surface area contributed by atoms with E-state index in [4.69, 9.17) is 0 Å². The molecule has 33 heavy (non-hydrogen) atoms. The Bertz CT molecular complexity index is 1600. The first-order chi connectivity index (χ1) is 16.2. The minimum atomic E-state index is -0.00209. The molecule has 0 radical (unpaired) electrons. The van der Waals surface area contributed by atoms with E-state index in [1.165, 1.54) is 11.3 Å². The number of carbonyl (C=O) groups excluding carboxylic acids is 1. The van der Waals surface area contributed by atoms with E-state index < -0.39 is 0 Å². The quantitative estimate of drug-likeness (QED) is 0.317. The van der Waals surface area contributed by atoms with Gasteiger partial charge in [0.2, 0.25) is 5.13 Å². The molecular formula is C23H16N8OS. The van der Waals surface area contributed by atoms with E-state index in [0.717, 1.165) is 43.6 Å². The third kappa shape index (κ3) is 3.83. The van der Waals surface area contributed by atoms with Crippen LogP contribution < -0.4 is 5.32 Å². The second-order valence-corrected chi connectivity index (χ2v) is 8.52. The van der Waals surface area contributed by atoms with Crippen LogP contribution in [-0.4, -0.2) is 41.4 Å². The number of carbonyl (C=O) groups is 1. The lowest BCUT2D eigenvalue weighted by molar-refractivity contribution is 0.0989. The predicted octanol–water partition coefficient (Wildman–Crippen LogP) is 4.52. The van der Waals surface area contributed by atoms with Gasteiger partial charge in [-0.15, -0.1) is 10.2 Å². The van der Waals surface area contributed by atoms with Crippen LogP contribution in [0.15, 0.2) is 67.1 Å². The smallest absolute Gasteiger partial charge is 0.210 e. The van der Waals surface area contributed by atoms with Crippen LogP contribution in [0.2, 0.25) is 0 Å². The molecule has 0 aliphatic rings. The molecule has 6 aromatic rings. The van der Waals surface area contributed by atoms with Crippen LogP contribution in [0.1, 0.15) is 16.1 Å². The molecule has 0 fully saturated rings. The summed E-state index contributed by atoms with van der Waals surface area (Å²) < 4.78 is 0. The van der Waals surface area contributed by atoms with Crippen LogP contribution in [-0.2, 0) is 6.42 Å². The molecule has 3 N–H and O–H groups in total. The molecule has 4 aromatic heterocycles. The first-order valence-corrected chi connectivity index (χ1v) is 11.0. The van der Waals surface area contributed by atoms with Crippen LogP contribution in [0.4, 0.5) is 10.8 Å². The fourth-order valence-electron chi connectivity index (χ4n) is 3.65. The van der Waals surface area contributed by atoms with Gasteiger partial charge in [0, 0.05) is 40.2 Å². The second-order valence-electron chi connectivity index (χ2n) is 7.55. The number of benzene rings is 2. The fourth-order valence-corrected chi connectivity index (χ4v) is 4.41. The summed E-state index contributed by atoms with van der Waals surface area (Å²) in [6.07, 6.45) is 5.24. The van der Waals surface area contributed by atoms with Gasteiger partial charge in [-0.05, 0) is 42.0 Å². The number of fused-ring (bicyclic) bond motifs is 2. The second kappa shape index (κ2) is 7.92. The standard InChI is InChI=1S/C23H16N8OS/c32-21(7-13-5-6-24-25-11-13)20-9-14-1-2-15(10-19(14)28-20)22-30-31-23(33-22)27-17-3-4-18-16(8-17)12-26-29-18/h1-6,8-12,28H,7H2,(H,26,29)(H,27,31). The van der Waals surface area contributed by atoms with E-state index in [1.807, 2.05) is 42.5 Å². The molecule has 0 aliphatic carbocycles. The first-order valence-electron chi connectivity index (χ1n) is 10.2. The van der Waals surface area contributed by atoms with Gasteiger partial charge in [-0.25, -0.2) is 0 Å². The number of nitrogens with zero attached hydrogens (tertiary/aromatic N) is 5. The fraction of sp³-hybridized carbons (Fsp3) is 0.0435. The van der Waals surface area contributed by atoms with Crippen molar-refractivity contribution in [3.05, 3.63) is 78.4 Å². The highest BCUT2D eigenvalue weighted by Crippen LogP contribution is 2.31. The number of nitrogens with one attached hydrogen (secondary N) is 3. The van der Waals surface area contributed by atoms with Gasteiger partial charge in [0.15, 0.2) is 5.78 Å². The molecule has 0 saturated heterocycles. The molecule has 0 saturated carbocycles. The van der Waals surface area contributed by atoms with Crippen molar-refractivity contribution in [2.75, 3.05) is 5.32 Å². The minimum Gasteiger partial charge on any atom is -0.352 e. The Morgan fingerprint density at radius 3 is 2.82 bits per heavy atom. The molecule has 4 heterocycles. The summed E-state index contributed by atoms with van der Waals surface area (Å²) in [5, 5.41) is 29.9. The van der Waals surface area contributed by atoms with Crippen molar-refractivity contribution in [1.82, 2.24) is 35.6 Å². The summed E-state index contributed by atoms with van der Waals surface area (Å²) in [7, 11) is 0. The molecule has 0 aliphatic heterocycles. The predicted molar refractivity (Wildman–Crippen MR) is 127 cm³/mol. The molecule has 0 spiro atoms. The van der Waals surface area contributed by atoms with E-state index in [0.29, 0.717) is 10.8 Å². The molecule has 0 atom stereocenters. The van der Waals surface area contributed by atoms with Crippen LogP contribution in [0.5, 0.6) is 0 Å². The Kier molecular flexibility index (Phi) is 4.62. The molecular weight excluding hydrogens is 436 g/mol. The Labute approximate surface area is 190 Å². The number of hydrogen-bond acceptors (Lipinski definition) is 8. The van der Waals surface area contributed by atoms with Crippen molar-refractivity contribution < 1.29 is 4.79 Å². The number of Topliss-reactive ketones (excluding diaryl/α,β-unsaturated/α-hetero) is 1. The largest absolute Gasteiger partial charge is 0.352 e. The highest BCUT2D eigenvalue weighted by molar-refractivity contribution is 7.18. The van der Waals surface area contributed by atoms with Crippen molar-refractivity contribution >= 4 is 49.7 Å². The van der Waals surface area contributed by atoms with Crippen molar-refractivity contribution in [3.63, 3.8) is 0 Å². The summed E-state index contributed by atoms with van der Waals surface area (Å²) in [6.45, 7) is 0. The van der Waals surface area contributed by atoms with Gasteiger partial charge in [-0.3, -0.25) is 9.89 Å². The highest BCUT2D eigenvalue weighted by atomic mass is 32.1. The van der Waals surface area contributed by atoms with Gasteiger partial charge in [0.25, 0.3) is 0 Å². The maximum absolute atomic E-state index is 12.7. The van der Waals surface area contributed by atoms with E-state index in [1.54, 1.807) is 24.7 Å². The lowest BCUT2D eigenvalue weighted by Crippen LogP contribution is -2.04. The maximum Gasteiger partial charge on any atom is 0.210 e. The van der Waals surface area contributed by atoms with Gasteiger partial charge >= 0.3 is 0 Å². The summed E-state index contributed by atoms with van der Waals surface area (Å²) in [5.74, 6) is -0.00209. The summed E-state index contributed by atoms with van der Waals surface area (Å²) in [5.41, 5.74) is 5.09. The zero-order valence-corrected chi connectivity index (χ0v) is 17.9. The summed E-state index contributed by atoms with van der Waals surface area (Å²) in [6, 6.07) is 15.6. The molecule has 0 unspecified atom stereocenters. The van der Waals surface area contributed by atoms with Crippen molar-refractivity contribution in [2.45, 2.75) is 6.42 Å². The van der Waals surface area contributed by atoms with Gasteiger partial charge in [0.05, 0.1) is 23.6 Å². The third-order valence-corrected chi connectivity index (χ3v) is 6.18. The van der Waals surface area contributed by atoms with Crippen LogP contribution in [0, 0.1) is 0 Å². The molecule has 10 heteroatoms. The Morgan fingerprint density at radius 1 is 0.939 bits per heavy atom. The Balaban J connectivity index is 1.22. The Morgan fingerprint density at radius 2 is 1.91 bits per heavy atom. The average molecular weight is 453 g/mol. The van der Waals surface area contributed by atoms with Crippen molar-refractivity contribution in [3.8, 4) is 10.6 Å². The molecule has 2 aromatic carbocycles. The number of aromatic nitrogens is 7. The van der Waals surface area contributed by atoms with E-state index in [9.17, 15) is 4.79 Å². The van der Waals surface area contributed by atoms with Crippen molar-refractivity contribution in [1.29, 1.82) is 0 Å². The number of aromatic amines is 2. The number of hydrogen-bond donors (Lipinski definition) is 3. The van der Waals surface area contributed by atoms with Gasteiger partial charge in [-0.2, -0.15) is 15.3 Å². The number of ketones is 1. The van der Waals surface area contributed by atoms with Gasteiger partial charge < -0.3 is 10.3 Å². The first kappa shape index (κ1) is 19.3. The maximum atomic E-state index is 12.7. The molecule has 160 valence electrons. The number of rotatable bonds is 6. The molecule has 0 amide bonds. The third-order valence-electron chi connectivity index (χ3n) is 5.30. The zero-order chi connectivity index (χ0) is 22.2. The minimum absolute atomic E-state index is 0.00209. The summed E-state index contributed by atoms with van der Waals surface area (Å²) >= 11 is 1.46. The van der Waals surface area contributed by atoms with Gasteiger partial charge in [0.1, 0.15) is 5.01 Å².